The fourth-order valence-electron chi connectivity index (χ4n) is 2.15. The highest BCUT2D eigenvalue weighted by Gasteiger charge is 2.12. The third kappa shape index (κ3) is 9.23. The average Bonchev–Trinajstić information content (AvgIpc) is 2.64. The summed E-state index contributed by atoms with van der Waals surface area (Å²) in [6.07, 6.45) is 3.69. The molecule has 0 amide bonds. The van der Waals surface area contributed by atoms with Crippen molar-refractivity contribution in [3.05, 3.63) is 47.5 Å². The van der Waals surface area contributed by atoms with Gasteiger partial charge >= 0.3 is 16.9 Å². The maximum absolute atomic E-state index is 12.1. The molecular weight excluding hydrogens is 412 g/mol. The van der Waals surface area contributed by atoms with Gasteiger partial charge in [-0.25, -0.2) is 5.14 Å². The Morgan fingerprint density at radius 2 is 1.38 bits per heavy atom. The molecule has 0 fully saturated rings. The first-order chi connectivity index (χ1) is 13.6. The van der Waals surface area contributed by atoms with Gasteiger partial charge < -0.3 is 18.9 Å². The van der Waals surface area contributed by atoms with Gasteiger partial charge in [0.05, 0.1) is 21.3 Å². The first-order valence-electron chi connectivity index (χ1n) is 7.85. The molecule has 0 spiro atoms. The van der Waals surface area contributed by atoms with Crippen LogP contribution in [0.4, 0.5) is 8.78 Å². The van der Waals surface area contributed by atoms with E-state index in [-0.39, 0.29) is 5.75 Å². The van der Waals surface area contributed by atoms with Crippen molar-refractivity contribution in [1.29, 1.82) is 0 Å². The van der Waals surface area contributed by atoms with E-state index in [0.29, 0.717) is 17.2 Å². The molecule has 0 heterocycles. The van der Waals surface area contributed by atoms with Crippen LogP contribution < -0.4 is 24.1 Å². The molecule has 0 saturated carbocycles. The Kier molecular flexibility index (Phi) is 9.32. The predicted octanol–water partition coefficient (Wildman–Crippen LogP) is 3.23. The van der Waals surface area contributed by atoms with Crippen molar-refractivity contribution in [2.24, 2.45) is 5.14 Å². The summed E-state index contributed by atoms with van der Waals surface area (Å²) in [7, 11) is 0.470. The number of methoxy groups -OCH3 is 3. The van der Waals surface area contributed by atoms with Gasteiger partial charge in [0.15, 0.2) is 11.5 Å². The maximum atomic E-state index is 12.1. The monoisotopic (exact) mass is 433 g/mol. The third-order valence-electron chi connectivity index (χ3n) is 3.26. The summed E-state index contributed by atoms with van der Waals surface area (Å²) < 4.78 is 69.6. The zero-order valence-corrected chi connectivity index (χ0v) is 16.7. The van der Waals surface area contributed by atoms with Gasteiger partial charge in [-0.2, -0.15) is 17.2 Å². The van der Waals surface area contributed by atoms with E-state index in [4.69, 9.17) is 27.2 Å². The summed E-state index contributed by atoms with van der Waals surface area (Å²) in [5.41, 5.74) is 1.68. The fraction of sp³-hybridized carbons (Fsp3) is 0.222. The van der Waals surface area contributed by atoms with Gasteiger partial charge in [-0.15, -0.1) is 0 Å². The van der Waals surface area contributed by atoms with Gasteiger partial charge in [0.1, 0.15) is 5.75 Å². The molecular formula is C18H21F2NO7S. The largest absolute Gasteiger partial charge is 0.493 e. The smallest absolute Gasteiger partial charge is 0.387 e. The molecule has 0 atom stereocenters. The number of halogens is 2. The summed E-state index contributed by atoms with van der Waals surface area (Å²) in [5.74, 6) is 1.75. The Morgan fingerprint density at radius 3 is 1.76 bits per heavy atom. The van der Waals surface area contributed by atoms with E-state index in [2.05, 4.69) is 9.88 Å². The van der Waals surface area contributed by atoms with E-state index < -0.39 is 16.9 Å². The van der Waals surface area contributed by atoms with Crippen molar-refractivity contribution < 1.29 is 40.7 Å². The second-order valence-corrected chi connectivity index (χ2v) is 6.28. The molecule has 0 saturated heterocycles. The van der Waals surface area contributed by atoms with Crippen LogP contribution in [0.15, 0.2) is 36.4 Å². The number of hydrogen-bond donors (Lipinski definition) is 2. The highest BCUT2D eigenvalue weighted by Crippen LogP contribution is 2.38. The second-order valence-electron chi connectivity index (χ2n) is 5.25. The first kappa shape index (κ1) is 24.1. The van der Waals surface area contributed by atoms with Crippen molar-refractivity contribution in [3.63, 3.8) is 0 Å². The zero-order chi connectivity index (χ0) is 22.0. The minimum absolute atomic E-state index is 0.120. The predicted molar refractivity (Wildman–Crippen MR) is 104 cm³/mol. The van der Waals surface area contributed by atoms with Gasteiger partial charge in [0, 0.05) is 0 Å². The quantitative estimate of drug-likeness (QED) is 0.508. The number of benzene rings is 2. The summed E-state index contributed by atoms with van der Waals surface area (Å²) in [6.45, 7) is -2.83. The zero-order valence-electron chi connectivity index (χ0n) is 15.8. The lowest BCUT2D eigenvalue weighted by Gasteiger charge is -2.12. The van der Waals surface area contributed by atoms with Crippen molar-refractivity contribution in [2.75, 3.05) is 21.3 Å². The maximum Gasteiger partial charge on any atom is 0.387 e. The Labute approximate surface area is 167 Å². The Morgan fingerprint density at radius 1 is 0.931 bits per heavy atom. The molecule has 2 rings (SSSR count). The number of ether oxygens (including phenoxy) is 4. The minimum atomic E-state index is -4.17. The molecule has 2 aromatic carbocycles. The lowest BCUT2D eigenvalue weighted by atomic mass is 10.1. The van der Waals surface area contributed by atoms with Crippen LogP contribution in [-0.2, 0) is 10.3 Å². The highest BCUT2D eigenvalue weighted by molar-refractivity contribution is 7.83. The van der Waals surface area contributed by atoms with Gasteiger partial charge in [-0.05, 0) is 35.4 Å². The van der Waals surface area contributed by atoms with E-state index in [1.807, 2.05) is 24.3 Å². The fourth-order valence-corrected chi connectivity index (χ4v) is 2.15. The van der Waals surface area contributed by atoms with Gasteiger partial charge in [-0.1, -0.05) is 24.3 Å². The van der Waals surface area contributed by atoms with Crippen LogP contribution in [0.2, 0.25) is 0 Å². The van der Waals surface area contributed by atoms with Crippen LogP contribution in [0.1, 0.15) is 11.1 Å². The highest BCUT2D eigenvalue weighted by atomic mass is 32.2. The molecule has 0 aliphatic heterocycles. The normalized spacial score (nSPS) is 11.0. The lowest BCUT2D eigenvalue weighted by Crippen LogP contribution is -2.08. The van der Waals surface area contributed by atoms with Crippen LogP contribution in [0, 0.1) is 0 Å². The molecule has 0 bridgehead atoms. The van der Waals surface area contributed by atoms with E-state index in [1.165, 1.54) is 12.1 Å². The Hall–Kier alpha value is -2.89. The van der Waals surface area contributed by atoms with Crippen molar-refractivity contribution in [1.82, 2.24) is 0 Å². The number of hydrogen-bond acceptors (Lipinski definition) is 6. The van der Waals surface area contributed by atoms with E-state index in [1.54, 1.807) is 33.5 Å². The topological polar surface area (TPSA) is 117 Å². The minimum Gasteiger partial charge on any atom is -0.493 e. The van der Waals surface area contributed by atoms with Gasteiger partial charge in [0.25, 0.3) is 0 Å². The average molecular weight is 433 g/mol. The van der Waals surface area contributed by atoms with Crippen LogP contribution >= 0.6 is 0 Å². The van der Waals surface area contributed by atoms with Crippen LogP contribution in [0.25, 0.3) is 12.2 Å². The van der Waals surface area contributed by atoms with E-state index in [9.17, 15) is 8.78 Å². The Balaban J connectivity index is 0.000000749. The van der Waals surface area contributed by atoms with Gasteiger partial charge in [0.2, 0.25) is 5.75 Å². The molecule has 11 heteroatoms. The molecule has 0 unspecified atom stereocenters. The van der Waals surface area contributed by atoms with E-state index >= 15 is 0 Å². The van der Waals surface area contributed by atoms with E-state index in [0.717, 1.165) is 11.1 Å². The molecule has 0 aliphatic rings. The molecule has 0 aromatic heterocycles. The molecule has 3 N–H and O–H groups in total. The summed E-state index contributed by atoms with van der Waals surface area (Å²) in [6, 6.07) is 9.97. The van der Waals surface area contributed by atoms with Gasteiger partial charge in [-0.3, -0.25) is 4.55 Å². The second kappa shape index (κ2) is 11.2. The molecule has 160 valence electrons. The number of alkyl halides is 2. The van der Waals surface area contributed by atoms with Crippen molar-refractivity contribution in [3.8, 4) is 23.0 Å². The molecule has 2 aromatic rings. The SMILES string of the molecule is COc1cc(/C=C/c2ccc(OC(F)F)cc2)cc(OC)c1OC.NS(=O)(=O)O. The summed E-state index contributed by atoms with van der Waals surface area (Å²) in [5, 5.41) is 3.88. The van der Waals surface area contributed by atoms with Crippen LogP contribution in [0.3, 0.4) is 0 Å². The molecule has 8 nitrogen and oxygen atoms in total. The van der Waals surface area contributed by atoms with Crippen LogP contribution in [-0.4, -0.2) is 40.9 Å². The van der Waals surface area contributed by atoms with Crippen molar-refractivity contribution in [2.45, 2.75) is 6.61 Å². The Bertz CT molecular complexity index is 883. The number of nitrogens with two attached hydrogens (primary N) is 1. The number of rotatable bonds is 7. The summed E-state index contributed by atoms with van der Waals surface area (Å²) in [4.78, 5) is 0. The standard InChI is InChI=1S/C18H18F2O4.H3NO3S/c1-21-15-10-13(11-16(22-2)17(15)23-3)5-4-12-6-8-14(9-7-12)24-18(19)20;1-5(2,3)4/h4-11,18H,1-3H3;(H3,1,2,3,4)/b5-4+;. The van der Waals surface area contributed by atoms with Crippen molar-refractivity contribution >= 4 is 22.5 Å². The molecule has 0 aliphatic carbocycles. The lowest BCUT2D eigenvalue weighted by molar-refractivity contribution is -0.0498. The first-order valence-corrected chi connectivity index (χ1v) is 9.35. The molecule has 29 heavy (non-hydrogen) atoms. The summed E-state index contributed by atoms with van der Waals surface area (Å²) >= 11 is 0. The molecule has 0 radical (unpaired) electrons. The van der Waals surface area contributed by atoms with Crippen LogP contribution in [0.5, 0.6) is 23.0 Å². The third-order valence-corrected chi connectivity index (χ3v) is 3.26.